The largest absolute Gasteiger partial charge is 0.480 e. The molecule has 2 fully saturated rings. The fourth-order valence-corrected chi connectivity index (χ4v) is 6.69. The van der Waals surface area contributed by atoms with Gasteiger partial charge < -0.3 is 5.11 Å². The SMILES string of the molecule is O=C(O)C1CSC(C2CC2)N1S(=O)(=O)c1cncc(Br)c1. The van der Waals surface area contributed by atoms with Gasteiger partial charge in [0.25, 0.3) is 0 Å². The molecule has 1 aromatic rings. The van der Waals surface area contributed by atoms with E-state index >= 15 is 0 Å². The molecule has 114 valence electrons. The molecule has 2 atom stereocenters. The molecule has 1 N–H and O–H groups in total. The Balaban J connectivity index is 2.02. The van der Waals surface area contributed by atoms with E-state index in [-0.39, 0.29) is 21.9 Å². The lowest BCUT2D eigenvalue weighted by molar-refractivity contribution is -0.140. The fraction of sp³-hybridized carbons (Fsp3) is 0.500. The van der Waals surface area contributed by atoms with Gasteiger partial charge in [-0.15, -0.1) is 11.8 Å². The first-order valence-corrected chi connectivity index (χ1v) is 9.68. The molecule has 2 unspecified atom stereocenters. The van der Waals surface area contributed by atoms with Crippen LogP contribution >= 0.6 is 27.7 Å². The number of aromatic nitrogens is 1. The van der Waals surface area contributed by atoms with Gasteiger partial charge in [0, 0.05) is 22.6 Å². The summed E-state index contributed by atoms with van der Waals surface area (Å²) in [6, 6.07) is 0.443. The van der Waals surface area contributed by atoms with Crippen LogP contribution in [0.15, 0.2) is 27.8 Å². The maximum atomic E-state index is 12.8. The number of sulfonamides is 1. The number of carbonyl (C=O) groups is 1. The molecule has 6 nitrogen and oxygen atoms in total. The Morgan fingerprint density at radius 2 is 2.14 bits per heavy atom. The second kappa shape index (κ2) is 5.53. The molecule has 1 saturated heterocycles. The maximum absolute atomic E-state index is 12.8. The first-order valence-electron chi connectivity index (χ1n) is 6.40. The maximum Gasteiger partial charge on any atom is 0.322 e. The van der Waals surface area contributed by atoms with E-state index in [1.165, 1.54) is 34.5 Å². The fourth-order valence-electron chi connectivity index (χ4n) is 2.38. The summed E-state index contributed by atoms with van der Waals surface area (Å²) >= 11 is 4.61. The molecule has 0 bridgehead atoms. The van der Waals surface area contributed by atoms with Crippen molar-refractivity contribution in [3.05, 3.63) is 22.9 Å². The molecule has 2 heterocycles. The molecule has 0 aromatic carbocycles. The predicted molar refractivity (Wildman–Crippen MR) is 81.4 cm³/mol. The Labute approximate surface area is 135 Å². The van der Waals surface area contributed by atoms with Crippen LogP contribution in [0.25, 0.3) is 0 Å². The highest BCUT2D eigenvalue weighted by Crippen LogP contribution is 2.47. The molecule has 1 aromatic heterocycles. The number of thioether (sulfide) groups is 1. The van der Waals surface area contributed by atoms with Gasteiger partial charge in [-0.1, -0.05) is 0 Å². The van der Waals surface area contributed by atoms with E-state index in [1.807, 2.05) is 0 Å². The van der Waals surface area contributed by atoms with E-state index in [9.17, 15) is 18.3 Å². The van der Waals surface area contributed by atoms with Gasteiger partial charge in [0.2, 0.25) is 10.0 Å². The summed E-state index contributed by atoms with van der Waals surface area (Å²) in [5, 5.41) is 9.04. The quantitative estimate of drug-likeness (QED) is 0.839. The standard InChI is InChI=1S/C12H13BrN2O4S2/c13-8-3-9(5-14-4-8)21(18,19)15-10(12(16)17)6-20-11(15)7-1-2-7/h3-5,7,10-11H,1-2,6H2,(H,16,17). The number of hydrogen-bond acceptors (Lipinski definition) is 5. The molecule has 0 amide bonds. The van der Waals surface area contributed by atoms with Crippen molar-refractivity contribution < 1.29 is 18.3 Å². The first-order chi connectivity index (χ1) is 9.91. The van der Waals surface area contributed by atoms with Gasteiger partial charge in [-0.2, -0.15) is 4.31 Å². The van der Waals surface area contributed by atoms with Crippen LogP contribution in [0.4, 0.5) is 0 Å². The van der Waals surface area contributed by atoms with Crippen molar-refractivity contribution in [2.24, 2.45) is 5.92 Å². The molecule has 0 spiro atoms. The highest BCUT2D eigenvalue weighted by Gasteiger charge is 2.51. The minimum absolute atomic E-state index is 0.0243. The zero-order valence-electron chi connectivity index (χ0n) is 10.8. The third-order valence-electron chi connectivity index (χ3n) is 3.55. The third kappa shape index (κ3) is 2.84. The molecule has 1 saturated carbocycles. The van der Waals surface area contributed by atoms with Crippen molar-refractivity contribution in [1.29, 1.82) is 0 Å². The summed E-state index contributed by atoms with van der Waals surface area (Å²) in [5.41, 5.74) is 0. The van der Waals surface area contributed by atoms with Crippen LogP contribution in [-0.2, 0) is 14.8 Å². The van der Waals surface area contributed by atoms with E-state index in [0.717, 1.165) is 12.8 Å². The average Bonchev–Trinajstić information content (AvgIpc) is 3.16. The highest BCUT2D eigenvalue weighted by atomic mass is 79.9. The van der Waals surface area contributed by atoms with Gasteiger partial charge in [0.05, 0.1) is 5.37 Å². The Bertz CT molecular complexity index is 678. The Morgan fingerprint density at radius 3 is 2.71 bits per heavy atom. The van der Waals surface area contributed by atoms with Crippen molar-refractivity contribution in [2.45, 2.75) is 29.2 Å². The lowest BCUT2D eigenvalue weighted by Crippen LogP contribution is -2.46. The van der Waals surface area contributed by atoms with Gasteiger partial charge in [-0.3, -0.25) is 9.78 Å². The first kappa shape index (κ1) is 15.3. The molecule has 1 aliphatic carbocycles. The van der Waals surface area contributed by atoms with Gasteiger partial charge in [0.15, 0.2) is 0 Å². The second-order valence-electron chi connectivity index (χ2n) is 5.09. The van der Waals surface area contributed by atoms with Crippen molar-refractivity contribution in [2.75, 3.05) is 5.75 Å². The van der Waals surface area contributed by atoms with Gasteiger partial charge >= 0.3 is 5.97 Å². The minimum Gasteiger partial charge on any atom is -0.480 e. The lowest BCUT2D eigenvalue weighted by atomic mass is 10.3. The minimum atomic E-state index is -3.87. The van der Waals surface area contributed by atoms with E-state index in [2.05, 4.69) is 20.9 Å². The van der Waals surface area contributed by atoms with Gasteiger partial charge in [0.1, 0.15) is 10.9 Å². The number of halogens is 1. The normalized spacial score (nSPS) is 26.9. The number of rotatable bonds is 4. The summed E-state index contributed by atoms with van der Waals surface area (Å²) in [4.78, 5) is 15.3. The number of nitrogens with zero attached hydrogens (tertiary/aromatic N) is 2. The predicted octanol–water partition coefficient (Wildman–Crippen LogP) is 1.77. The van der Waals surface area contributed by atoms with E-state index < -0.39 is 22.0 Å². The smallest absolute Gasteiger partial charge is 0.322 e. The highest BCUT2D eigenvalue weighted by molar-refractivity contribution is 9.10. The average molecular weight is 393 g/mol. The van der Waals surface area contributed by atoms with Crippen LogP contribution in [0.3, 0.4) is 0 Å². The molecule has 0 radical (unpaired) electrons. The molecule has 21 heavy (non-hydrogen) atoms. The number of carboxylic acids is 1. The molecule has 1 aliphatic heterocycles. The van der Waals surface area contributed by atoms with Crippen molar-refractivity contribution in [1.82, 2.24) is 9.29 Å². The number of hydrogen-bond donors (Lipinski definition) is 1. The van der Waals surface area contributed by atoms with Gasteiger partial charge in [-0.25, -0.2) is 8.42 Å². The van der Waals surface area contributed by atoms with Crippen LogP contribution in [0, 0.1) is 5.92 Å². The summed E-state index contributed by atoms with van der Waals surface area (Å²) in [5.74, 6) is -0.552. The molecular formula is C12H13BrN2O4S2. The van der Waals surface area contributed by atoms with E-state index in [4.69, 9.17) is 0 Å². The Kier molecular flexibility index (Phi) is 4.02. The summed E-state index contributed by atoms with van der Waals surface area (Å²) in [7, 11) is -3.87. The number of carboxylic acid groups (broad SMARTS) is 1. The van der Waals surface area contributed by atoms with E-state index in [0.29, 0.717) is 4.47 Å². The van der Waals surface area contributed by atoms with Gasteiger partial charge in [-0.05, 0) is 40.8 Å². The summed E-state index contributed by atoms with van der Waals surface area (Å²) in [6.07, 6.45) is 4.65. The molecule has 9 heteroatoms. The topological polar surface area (TPSA) is 87.6 Å². The summed E-state index contributed by atoms with van der Waals surface area (Å²) < 4.78 is 27.4. The Hall–Kier alpha value is -0.640. The molecule has 3 rings (SSSR count). The lowest BCUT2D eigenvalue weighted by Gasteiger charge is -2.26. The van der Waals surface area contributed by atoms with Crippen LogP contribution in [0.1, 0.15) is 12.8 Å². The monoisotopic (exact) mass is 392 g/mol. The molecule has 2 aliphatic rings. The van der Waals surface area contributed by atoms with Crippen molar-refractivity contribution in [3.63, 3.8) is 0 Å². The zero-order valence-corrected chi connectivity index (χ0v) is 14.1. The van der Waals surface area contributed by atoms with Crippen molar-refractivity contribution in [3.8, 4) is 0 Å². The number of pyridine rings is 1. The Morgan fingerprint density at radius 1 is 1.43 bits per heavy atom. The van der Waals surface area contributed by atoms with Crippen LogP contribution < -0.4 is 0 Å². The third-order valence-corrected chi connectivity index (χ3v) is 7.43. The van der Waals surface area contributed by atoms with Crippen LogP contribution in [-0.4, -0.2) is 46.0 Å². The summed E-state index contributed by atoms with van der Waals surface area (Å²) in [6.45, 7) is 0. The van der Waals surface area contributed by atoms with Crippen LogP contribution in [0.5, 0.6) is 0 Å². The zero-order chi connectivity index (χ0) is 15.2. The number of aliphatic carboxylic acids is 1. The van der Waals surface area contributed by atoms with Crippen molar-refractivity contribution >= 4 is 43.7 Å². The second-order valence-corrected chi connectivity index (χ2v) is 9.00. The molecular weight excluding hydrogens is 380 g/mol. The van der Waals surface area contributed by atoms with Crippen LogP contribution in [0.2, 0.25) is 0 Å². The van der Waals surface area contributed by atoms with E-state index in [1.54, 1.807) is 0 Å².